The summed E-state index contributed by atoms with van der Waals surface area (Å²) >= 11 is 5.91. The standard InChI is InChI=1S/C12H9ClF3N/c1-5(2)9-4-7(13)6-3-8(14)10(15)11(16)12(6)17-9/h3-5H,1-2H3. The summed E-state index contributed by atoms with van der Waals surface area (Å²) in [5, 5.41) is 0.240. The average Bonchev–Trinajstić information content (AvgIpc) is 2.27. The Morgan fingerprint density at radius 1 is 1.12 bits per heavy atom. The summed E-state index contributed by atoms with van der Waals surface area (Å²) in [6.07, 6.45) is 0. The highest BCUT2D eigenvalue weighted by Crippen LogP contribution is 2.29. The van der Waals surface area contributed by atoms with Gasteiger partial charge in [0.1, 0.15) is 5.52 Å². The summed E-state index contributed by atoms with van der Waals surface area (Å²) in [5.41, 5.74) is 0.299. The van der Waals surface area contributed by atoms with Crippen molar-refractivity contribution < 1.29 is 13.2 Å². The molecule has 0 spiro atoms. The SMILES string of the molecule is CC(C)c1cc(Cl)c2cc(F)c(F)c(F)c2n1. The van der Waals surface area contributed by atoms with Gasteiger partial charge in [0.15, 0.2) is 17.5 Å². The molecule has 0 N–H and O–H groups in total. The van der Waals surface area contributed by atoms with Gasteiger partial charge in [-0.3, -0.25) is 0 Å². The predicted molar refractivity (Wildman–Crippen MR) is 60.7 cm³/mol. The molecular weight excluding hydrogens is 251 g/mol. The van der Waals surface area contributed by atoms with Gasteiger partial charge in [0, 0.05) is 11.1 Å². The Labute approximate surface area is 101 Å². The maximum Gasteiger partial charge on any atom is 0.196 e. The molecule has 0 aliphatic heterocycles. The molecule has 0 fully saturated rings. The molecule has 0 saturated heterocycles. The number of pyridine rings is 1. The molecule has 17 heavy (non-hydrogen) atoms. The number of fused-ring (bicyclic) bond motifs is 1. The first-order chi connectivity index (χ1) is 7.91. The lowest BCUT2D eigenvalue weighted by Crippen LogP contribution is -1.99. The second-order valence-corrected chi connectivity index (χ2v) is 4.47. The molecule has 0 radical (unpaired) electrons. The Hall–Kier alpha value is -1.29. The molecule has 0 aliphatic carbocycles. The molecule has 2 rings (SSSR count). The third kappa shape index (κ3) is 1.97. The van der Waals surface area contributed by atoms with E-state index in [1.807, 2.05) is 13.8 Å². The van der Waals surface area contributed by atoms with Crippen molar-refractivity contribution in [3.63, 3.8) is 0 Å². The quantitative estimate of drug-likeness (QED) is 0.691. The van der Waals surface area contributed by atoms with E-state index in [-0.39, 0.29) is 21.8 Å². The lowest BCUT2D eigenvalue weighted by molar-refractivity contribution is 0.452. The van der Waals surface area contributed by atoms with Gasteiger partial charge in [-0.1, -0.05) is 25.4 Å². The van der Waals surface area contributed by atoms with Gasteiger partial charge >= 0.3 is 0 Å². The van der Waals surface area contributed by atoms with E-state index in [2.05, 4.69) is 4.98 Å². The first-order valence-corrected chi connectivity index (χ1v) is 5.43. The van der Waals surface area contributed by atoms with Crippen molar-refractivity contribution in [3.8, 4) is 0 Å². The molecule has 5 heteroatoms. The van der Waals surface area contributed by atoms with Crippen molar-refractivity contribution in [3.05, 3.63) is 40.3 Å². The molecular formula is C12H9ClF3N. The van der Waals surface area contributed by atoms with Gasteiger partial charge in [0.2, 0.25) is 0 Å². The molecule has 2 aromatic rings. The van der Waals surface area contributed by atoms with Gasteiger partial charge in [0.05, 0.1) is 5.02 Å². The summed E-state index contributed by atoms with van der Waals surface area (Å²) in [6.45, 7) is 3.70. The zero-order valence-electron chi connectivity index (χ0n) is 9.19. The highest BCUT2D eigenvalue weighted by molar-refractivity contribution is 6.35. The van der Waals surface area contributed by atoms with Crippen molar-refractivity contribution in [1.29, 1.82) is 0 Å². The van der Waals surface area contributed by atoms with Crippen molar-refractivity contribution in [2.24, 2.45) is 0 Å². The third-order valence-electron chi connectivity index (χ3n) is 2.50. The normalized spacial score (nSPS) is 11.5. The highest BCUT2D eigenvalue weighted by atomic mass is 35.5. The van der Waals surface area contributed by atoms with Gasteiger partial charge in [0.25, 0.3) is 0 Å². The minimum atomic E-state index is -1.53. The zero-order valence-corrected chi connectivity index (χ0v) is 9.95. The Bertz CT molecular complexity index is 596. The van der Waals surface area contributed by atoms with Gasteiger partial charge in [-0.2, -0.15) is 0 Å². The fourth-order valence-electron chi connectivity index (χ4n) is 1.54. The molecule has 1 heterocycles. The smallest absolute Gasteiger partial charge is 0.196 e. The van der Waals surface area contributed by atoms with Crippen LogP contribution in [0.15, 0.2) is 12.1 Å². The van der Waals surface area contributed by atoms with Crippen LogP contribution in [0.5, 0.6) is 0 Å². The lowest BCUT2D eigenvalue weighted by atomic mass is 10.1. The maximum absolute atomic E-state index is 13.5. The Kier molecular flexibility index (Phi) is 3.00. The van der Waals surface area contributed by atoms with E-state index in [0.29, 0.717) is 5.69 Å². The number of hydrogen-bond donors (Lipinski definition) is 0. The maximum atomic E-state index is 13.5. The molecule has 1 nitrogen and oxygen atoms in total. The fourth-order valence-corrected chi connectivity index (χ4v) is 1.80. The molecule has 0 amide bonds. The number of hydrogen-bond acceptors (Lipinski definition) is 1. The van der Waals surface area contributed by atoms with Crippen LogP contribution in [0.3, 0.4) is 0 Å². The van der Waals surface area contributed by atoms with Gasteiger partial charge in [-0.15, -0.1) is 0 Å². The Morgan fingerprint density at radius 2 is 1.76 bits per heavy atom. The van der Waals surface area contributed by atoms with Crippen LogP contribution in [0.1, 0.15) is 25.5 Å². The van der Waals surface area contributed by atoms with Crippen LogP contribution in [0, 0.1) is 17.5 Å². The van der Waals surface area contributed by atoms with E-state index >= 15 is 0 Å². The minimum Gasteiger partial charge on any atom is -0.249 e. The van der Waals surface area contributed by atoms with Crippen LogP contribution in [-0.2, 0) is 0 Å². The van der Waals surface area contributed by atoms with Crippen LogP contribution in [-0.4, -0.2) is 4.98 Å². The predicted octanol–water partition coefficient (Wildman–Crippen LogP) is 4.43. The molecule has 0 unspecified atom stereocenters. The second-order valence-electron chi connectivity index (χ2n) is 4.07. The number of benzene rings is 1. The van der Waals surface area contributed by atoms with Crippen molar-refractivity contribution in [2.45, 2.75) is 19.8 Å². The van der Waals surface area contributed by atoms with E-state index in [9.17, 15) is 13.2 Å². The van der Waals surface area contributed by atoms with Crippen molar-refractivity contribution >= 4 is 22.5 Å². The van der Waals surface area contributed by atoms with Crippen molar-refractivity contribution in [1.82, 2.24) is 4.98 Å². The third-order valence-corrected chi connectivity index (χ3v) is 2.81. The Morgan fingerprint density at radius 3 is 2.35 bits per heavy atom. The molecule has 0 aliphatic rings. The first-order valence-electron chi connectivity index (χ1n) is 5.05. The number of halogens is 4. The minimum absolute atomic E-state index is 0.0180. The van der Waals surface area contributed by atoms with Crippen LogP contribution < -0.4 is 0 Å². The Balaban J connectivity index is 2.88. The molecule has 1 aromatic heterocycles. The largest absolute Gasteiger partial charge is 0.249 e. The van der Waals surface area contributed by atoms with Crippen LogP contribution >= 0.6 is 11.6 Å². The van der Waals surface area contributed by atoms with E-state index in [4.69, 9.17) is 11.6 Å². The van der Waals surface area contributed by atoms with Crippen LogP contribution in [0.2, 0.25) is 5.02 Å². The lowest BCUT2D eigenvalue weighted by Gasteiger charge is -2.09. The first kappa shape index (κ1) is 12.2. The van der Waals surface area contributed by atoms with Gasteiger partial charge < -0.3 is 0 Å². The average molecular weight is 260 g/mol. The second kappa shape index (κ2) is 4.18. The molecule has 90 valence electrons. The molecule has 0 atom stereocenters. The molecule has 1 aromatic carbocycles. The number of rotatable bonds is 1. The topological polar surface area (TPSA) is 12.9 Å². The van der Waals surface area contributed by atoms with E-state index in [1.54, 1.807) is 0 Å². The number of nitrogens with zero attached hydrogens (tertiary/aromatic N) is 1. The summed E-state index contributed by atoms with van der Waals surface area (Å²) in [7, 11) is 0. The van der Waals surface area contributed by atoms with Crippen LogP contribution in [0.25, 0.3) is 10.9 Å². The zero-order chi connectivity index (χ0) is 12.7. The molecule has 0 bridgehead atoms. The van der Waals surface area contributed by atoms with Gasteiger partial charge in [-0.25, -0.2) is 18.2 Å². The summed E-state index contributed by atoms with van der Waals surface area (Å²) in [5.74, 6) is -4.08. The number of aromatic nitrogens is 1. The summed E-state index contributed by atoms with van der Waals surface area (Å²) in [4.78, 5) is 3.97. The highest BCUT2D eigenvalue weighted by Gasteiger charge is 2.17. The summed E-state index contributed by atoms with van der Waals surface area (Å²) < 4.78 is 39.7. The summed E-state index contributed by atoms with van der Waals surface area (Å²) in [6, 6.07) is 2.39. The van der Waals surface area contributed by atoms with Crippen LogP contribution in [0.4, 0.5) is 13.2 Å². The van der Waals surface area contributed by atoms with Gasteiger partial charge in [-0.05, 0) is 18.1 Å². The van der Waals surface area contributed by atoms with E-state index < -0.39 is 17.5 Å². The molecule has 0 saturated carbocycles. The monoisotopic (exact) mass is 259 g/mol. The van der Waals surface area contributed by atoms with E-state index in [1.165, 1.54) is 6.07 Å². The fraction of sp³-hybridized carbons (Fsp3) is 0.250. The van der Waals surface area contributed by atoms with Crippen molar-refractivity contribution in [2.75, 3.05) is 0 Å². The van der Waals surface area contributed by atoms with E-state index in [0.717, 1.165) is 6.07 Å².